The topological polar surface area (TPSA) is 41.6 Å². The molecule has 1 fully saturated rings. The second kappa shape index (κ2) is 6.34. The van der Waals surface area contributed by atoms with Crippen molar-refractivity contribution in [2.24, 2.45) is 0 Å². The first-order valence-electron chi connectivity index (χ1n) is 6.75. The molecule has 1 aromatic carbocycles. The van der Waals surface area contributed by atoms with E-state index in [0.29, 0.717) is 38.5 Å². The normalized spacial score (nSPS) is 15.9. The van der Waals surface area contributed by atoms with Crippen LogP contribution in [-0.2, 0) is 10.9 Å². The van der Waals surface area contributed by atoms with Gasteiger partial charge in [0, 0.05) is 25.3 Å². The van der Waals surface area contributed by atoms with E-state index in [0.717, 1.165) is 12.1 Å². The lowest BCUT2D eigenvalue weighted by molar-refractivity contribution is -0.137. The smallest absolute Gasteiger partial charge is 0.385 e. The Morgan fingerprint density at radius 3 is 2.57 bits per heavy atom. The molecule has 2 rings (SSSR count). The molecule has 0 aliphatic carbocycles. The fraction of sp³-hybridized carbons (Fsp3) is 0.500. The number of hydrogen-bond acceptors (Lipinski definition) is 3. The van der Waals surface area contributed by atoms with Gasteiger partial charge in [0.1, 0.15) is 0 Å². The molecule has 1 heterocycles. The van der Waals surface area contributed by atoms with Crippen LogP contribution in [-0.4, -0.2) is 43.7 Å². The predicted molar refractivity (Wildman–Crippen MR) is 72.3 cm³/mol. The van der Waals surface area contributed by atoms with Gasteiger partial charge in [-0.25, -0.2) is 0 Å². The summed E-state index contributed by atoms with van der Waals surface area (Å²) >= 11 is 0. The SMILES string of the molecule is CCNc1ccc(C(F)(F)F)cc1C(=O)N1CCOCC1. The van der Waals surface area contributed by atoms with E-state index in [1.807, 2.05) is 6.92 Å². The molecule has 1 amide bonds. The summed E-state index contributed by atoms with van der Waals surface area (Å²) in [4.78, 5) is 14.0. The van der Waals surface area contributed by atoms with Crippen molar-refractivity contribution in [3.8, 4) is 0 Å². The lowest BCUT2D eigenvalue weighted by Gasteiger charge is -2.28. The third kappa shape index (κ3) is 3.66. The standard InChI is InChI=1S/C14H17F3N2O2/c1-2-18-12-4-3-10(14(15,16)17)9-11(12)13(20)19-5-7-21-8-6-19/h3-4,9,18H,2,5-8H2,1H3. The molecule has 4 nitrogen and oxygen atoms in total. The van der Waals surface area contributed by atoms with E-state index in [-0.39, 0.29) is 5.56 Å². The van der Waals surface area contributed by atoms with Crippen LogP contribution in [0.5, 0.6) is 0 Å². The summed E-state index contributed by atoms with van der Waals surface area (Å²) in [5.41, 5.74) is -0.351. The zero-order valence-corrected chi connectivity index (χ0v) is 11.7. The molecule has 0 aromatic heterocycles. The molecule has 0 radical (unpaired) electrons. The zero-order valence-electron chi connectivity index (χ0n) is 11.7. The number of anilines is 1. The third-order valence-electron chi connectivity index (χ3n) is 3.24. The van der Waals surface area contributed by atoms with Crippen LogP contribution in [0.3, 0.4) is 0 Å². The van der Waals surface area contributed by atoms with E-state index in [4.69, 9.17) is 4.74 Å². The van der Waals surface area contributed by atoms with Gasteiger partial charge in [0.15, 0.2) is 0 Å². The van der Waals surface area contributed by atoms with Crippen molar-refractivity contribution in [1.29, 1.82) is 0 Å². The maximum Gasteiger partial charge on any atom is 0.416 e. The minimum absolute atomic E-state index is 0.0496. The summed E-state index contributed by atoms with van der Waals surface area (Å²) in [7, 11) is 0. The van der Waals surface area contributed by atoms with Gasteiger partial charge >= 0.3 is 6.18 Å². The van der Waals surface area contributed by atoms with Crippen molar-refractivity contribution < 1.29 is 22.7 Å². The number of hydrogen-bond donors (Lipinski definition) is 1. The highest BCUT2D eigenvalue weighted by molar-refractivity contribution is 6.00. The summed E-state index contributed by atoms with van der Waals surface area (Å²) in [6.07, 6.45) is -4.47. The molecule has 116 valence electrons. The lowest BCUT2D eigenvalue weighted by atomic mass is 10.1. The maximum absolute atomic E-state index is 12.8. The Hall–Kier alpha value is -1.76. The molecule has 1 N–H and O–H groups in total. The predicted octanol–water partition coefficient (Wildman–Crippen LogP) is 2.61. The lowest BCUT2D eigenvalue weighted by Crippen LogP contribution is -2.41. The van der Waals surface area contributed by atoms with Gasteiger partial charge in [-0.1, -0.05) is 0 Å². The van der Waals surface area contributed by atoms with Crippen molar-refractivity contribution in [2.45, 2.75) is 13.1 Å². The molecule has 0 bridgehead atoms. The zero-order chi connectivity index (χ0) is 15.5. The number of morpholine rings is 1. The number of carbonyl (C=O) groups is 1. The summed E-state index contributed by atoms with van der Waals surface area (Å²) in [6.45, 7) is 3.93. The molecule has 1 aromatic rings. The van der Waals surface area contributed by atoms with Gasteiger partial charge in [-0.05, 0) is 25.1 Å². The van der Waals surface area contributed by atoms with Crippen molar-refractivity contribution in [3.63, 3.8) is 0 Å². The Morgan fingerprint density at radius 2 is 2.00 bits per heavy atom. The van der Waals surface area contributed by atoms with Crippen molar-refractivity contribution in [1.82, 2.24) is 4.90 Å². The maximum atomic E-state index is 12.8. The summed E-state index contributed by atoms with van der Waals surface area (Å²) in [5, 5.41) is 2.93. The van der Waals surface area contributed by atoms with Gasteiger partial charge in [-0.2, -0.15) is 13.2 Å². The van der Waals surface area contributed by atoms with Gasteiger partial charge < -0.3 is 15.0 Å². The average molecular weight is 302 g/mol. The van der Waals surface area contributed by atoms with E-state index in [1.165, 1.54) is 11.0 Å². The number of nitrogens with zero attached hydrogens (tertiary/aromatic N) is 1. The second-order valence-electron chi connectivity index (χ2n) is 4.69. The summed E-state index contributed by atoms with van der Waals surface area (Å²) in [5.74, 6) is -0.402. The van der Waals surface area contributed by atoms with Crippen LogP contribution in [0.25, 0.3) is 0 Å². The van der Waals surface area contributed by atoms with Gasteiger partial charge in [-0.15, -0.1) is 0 Å². The summed E-state index contributed by atoms with van der Waals surface area (Å²) in [6, 6.07) is 3.20. The quantitative estimate of drug-likeness (QED) is 0.933. The minimum Gasteiger partial charge on any atom is -0.385 e. The number of ether oxygens (including phenoxy) is 1. The second-order valence-corrected chi connectivity index (χ2v) is 4.69. The largest absolute Gasteiger partial charge is 0.416 e. The number of amides is 1. The van der Waals surface area contributed by atoms with Crippen LogP contribution in [0.1, 0.15) is 22.8 Å². The van der Waals surface area contributed by atoms with Gasteiger partial charge in [0.25, 0.3) is 5.91 Å². The highest BCUT2D eigenvalue weighted by atomic mass is 19.4. The molecule has 0 spiro atoms. The minimum atomic E-state index is -4.47. The fourth-order valence-corrected chi connectivity index (χ4v) is 2.18. The number of carbonyl (C=O) groups excluding carboxylic acids is 1. The van der Waals surface area contributed by atoms with Crippen LogP contribution < -0.4 is 5.32 Å². The van der Waals surface area contributed by atoms with Gasteiger partial charge in [0.2, 0.25) is 0 Å². The molecule has 0 atom stereocenters. The van der Waals surface area contributed by atoms with Crippen molar-refractivity contribution in [3.05, 3.63) is 29.3 Å². The highest BCUT2D eigenvalue weighted by Gasteiger charge is 2.32. The first-order valence-corrected chi connectivity index (χ1v) is 6.75. The van der Waals surface area contributed by atoms with Crippen LogP contribution in [0.2, 0.25) is 0 Å². The number of halogens is 3. The molecule has 1 aliphatic heterocycles. The van der Waals surface area contributed by atoms with E-state index >= 15 is 0 Å². The van der Waals surface area contributed by atoms with E-state index < -0.39 is 17.6 Å². The Balaban J connectivity index is 2.35. The van der Waals surface area contributed by atoms with Crippen LogP contribution in [0.15, 0.2) is 18.2 Å². The number of rotatable bonds is 3. The first kappa shape index (κ1) is 15.6. The molecular weight excluding hydrogens is 285 g/mol. The Kier molecular flexibility index (Phi) is 4.72. The van der Waals surface area contributed by atoms with Crippen LogP contribution >= 0.6 is 0 Å². The van der Waals surface area contributed by atoms with E-state index in [1.54, 1.807) is 0 Å². The Morgan fingerprint density at radius 1 is 1.33 bits per heavy atom. The van der Waals surface area contributed by atoms with Gasteiger partial charge in [0.05, 0.1) is 24.3 Å². The molecule has 0 saturated carbocycles. The third-order valence-corrected chi connectivity index (χ3v) is 3.24. The number of benzene rings is 1. The average Bonchev–Trinajstić information content (AvgIpc) is 2.47. The number of alkyl halides is 3. The molecule has 0 unspecified atom stereocenters. The molecule has 7 heteroatoms. The molecular formula is C14H17F3N2O2. The molecule has 1 saturated heterocycles. The van der Waals surface area contributed by atoms with E-state index in [9.17, 15) is 18.0 Å². The van der Waals surface area contributed by atoms with Gasteiger partial charge in [-0.3, -0.25) is 4.79 Å². The first-order chi connectivity index (χ1) is 9.93. The van der Waals surface area contributed by atoms with Crippen LogP contribution in [0, 0.1) is 0 Å². The molecule has 21 heavy (non-hydrogen) atoms. The fourth-order valence-electron chi connectivity index (χ4n) is 2.18. The van der Waals surface area contributed by atoms with Crippen LogP contribution in [0.4, 0.5) is 18.9 Å². The summed E-state index contributed by atoms with van der Waals surface area (Å²) < 4.78 is 43.6. The monoisotopic (exact) mass is 302 g/mol. The highest BCUT2D eigenvalue weighted by Crippen LogP contribution is 2.32. The van der Waals surface area contributed by atoms with Crippen molar-refractivity contribution in [2.75, 3.05) is 38.2 Å². The Labute approximate surface area is 120 Å². The van der Waals surface area contributed by atoms with Crippen molar-refractivity contribution >= 4 is 11.6 Å². The molecule has 1 aliphatic rings. The Bertz CT molecular complexity index is 511. The number of nitrogens with one attached hydrogen (secondary N) is 1. The van der Waals surface area contributed by atoms with E-state index in [2.05, 4.69) is 5.32 Å².